The van der Waals surface area contributed by atoms with Crippen molar-refractivity contribution in [1.82, 2.24) is 4.90 Å². The van der Waals surface area contributed by atoms with Crippen LogP contribution in [-0.4, -0.2) is 35.2 Å². The van der Waals surface area contributed by atoms with Crippen LogP contribution in [0.4, 0.5) is 4.79 Å². The van der Waals surface area contributed by atoms with Gasteiger partial charge < -0.3 is 14.7 Å². The van der Waals surface area contributed by atoms with Crippen molar-refractivity contribution in [3.63, 3.8) is 0 Å². The molecule has 1 N–H and O–H groups in total. The van der Waals surface area contributed by atoms with Crippen LogP contribution in [-0.2, 0) is 16.1 Å². The maximum Gasteiger partial charge on any atom is 0.410 e. The Morgan fingerprint density at radius 3 is 2.73 bits per heavy atom. The Hall–Kier alpha value is -2.04. The first-order valence-electron chi connectivity index (χ1n) is 7.82. The van der Waals surface area contributed by atoms with Crippen molar-refractivity contribution in [2.24, 2.45) is 5.92 Å². The SMILES string of the molecule is O=C(O)CCC1CCCCN(C(=O)OCc2ccccc2)C1. The van der Waals surface area contributed by atoms with Crippen LogP contribution in [0.5, 0.6) is 0 Å². The summed E-state index contributed by atoms with van der Waals surface area (Å²) < 4.78 is 5.37. The van der Waals surface area contributed by atoms with Crippen molar-refractivity contribution in [1.29, 1.82) is 0 Å². The third kappa shape index (κ3) is 5.39. The van der Waals surface area contributed by atoms with Gasteiger partial charge in [-0.05, 0) is 30.7 Å². The van der Waals surface area contributed by atoms with E-state index in [2.05, 4.69) is 0 Å². The third-order valence-corrected chi connectivity index (χ3v) is 4.00. The van der Waals surface area contributed by atoms with Crippen molar-refractivity contribution < 1.29 is 19.4 Å². The van der Waals surface area contributed by atoms with Gasteiger partial charge in [0.15, 0.2) is 0 Å². The number of likely N-dealkylation sites (tertiary alicyclic amines) is 1. The summed E-state index contributed by atoms with van der Waals surface area (Å²) in [7, 11) is 0. The van der Waals surface area contributed by atoms with Crippen molar-refractivity contribution in [2.45, 2.75) is 38.7 Å². The first kappa shape index (κ1) is 16.3. The number of amides is 1. The number of carboxylic acids is 1. The highest BCUT2D eigenvalue weighted by atomic mass is 16.6. The molecule has 1 aliphatic rings. The summed E-state index contributed by atoms with van der Waals surface area (Å²) in [6.07, 6.45) is 3.45. The number of aliphatic carboxylic acids is 1. The van der Waals surface area contributed by atoms with Gasteiger partial charge in [-0.3, -0.25) is 4.79 Å². The molecule has 1 aromatic rings. The standard InChI is InChI=1S/C17H23NO4/c19-16(20)10-9-14-6-4-5-11-18(12-14)17(21)22-13-15-7-2-1-3-8-15/h1-3,7-8,14H,4-6,9-13H2,(H,19,20). The van der Waals surface area contributed by atoms with E-state index in [0.29, 0.717) is 19.5 Å². The van der Waals surface area contributed by atoms with Gasteiger partial charge in [-0.1, -0.05) is 36.8 Å². The van der Waals surface area contributed by atoms with E-state index in [1.165, 1.54) is 0 Å². The lowest BCUT2D eigenvalue weighted by Crippen LogP contribution is -2.35. The Kier molecular flexibility index (Phi) is 6.25. The van der Waals surface area contributed by atoms with Crippen LogP contribution < -0.4 is 0 Å². The average molecular weight is 305 g/mol. The minimum absolute atomic E-state index is 0.164. The Labute approximate surface area is 130 Å². The lowest BCUT2D eigenvalue weighted by atomic mass is 9.98. The predicted octanol–water partition coefficient (Wildman–Crippen LogP) is 3.29. The molecular formula is C17H23NO4. The minimum atomic E-state index is -0.776. The van der Waals surface area contributed by atoms with Crippen LogP contribution in [0, 0.1) is 5.92 Å². The molecule has 0 radical (unpaired) electrons. The van der Waals surface area contributed by atoms with Crippen LogP contribution in [0.25, 0.3) is 0 Å². The zero-order chi connectivity index (χ0) is 15.8. The van der Waals surface area contributed by atoms with Crippen LogP contribution in [0.3, 0.4) is 0 Å². The van der Waals surface area contributed by atoms with Gasteiger partial charge in [-0.2, -0.15) is 0 Å². The maximum atomic E-state index is 12.2. The van der Waals surface area contributed by atoms with Gasteiger partial charge in [0.2, 0.25) is 0 Å². The van der Waals surface area contributed by atoms with E-state index < -0.39 is 5.97 Å². The van der Waals surface area contributed by atoms with E-state index in [9.17, 15) is 9.59 Å². The van der Waals surface area contributed by atoms with Crippen molar-refractivity contribution in [3.8, 4) is 0 Å². The lowest BCUT2D eigenvalue weighted by molar-refractivity contribution is -0.137. The highest BCUT2D eigenvalue weighted by molar-refractivity contribution is 5.68. The van der Waals surface area contributed by atoms with Crippen LogP contribution >= 0.6 is 0 Å². The van der Waals surface area contributed by atoms with Gasteiger partial charge in [-0.25, -0.2) is 4.79 Å². The molecule has 1 unspecified atom stereocenters. The largest absolute Gasteiger partial charge is 0.481 e. The van der Waals surface area contributed by atoms with E-state index in [1.807, 2.05) is 30.3 Å². The molecule has 0 bridgehead atoms. The molecule has 1 heterocycles. The van der Waals surface area contributed by atoms with E-state index >= 15 is 0 Å². The molecular weight excluding hydrogens is 282 g/mol. The summed E-state index contributed by atoms with van der Waals surface area (Å²) >= 11 is 0. The van der Waals surface area contributed by atoms with Crippen LogP contribution in [0.15, 0.2) is 30.3 Å². The molecule has 0 aliphatic carbocycles. The summed E-state index contributed by atoms with van der Waals surface area (Å²) in [4.78, 5) is 24.6. The summed E-state index contributed by atoms with van der Waals surface area (Å²) in [5.41, 5.74) is 0.966. The number of benzene rings is 1. The molecule has 120 valence electrons. The molecule has 5 heteroatoms. The molecule has 5 nitrogen and oxygen atoms in total. The van der Waals surface area contributed by atoms with Gasteiger partial charge in [0.05, 0.1) is 0 Å². The van der Waals surface area contributed by atoms with Crippen LogP contribution in [0.1, 0.15) is 37.7 Å². The predicted molar refractivity (Wildman–Crippen MR) is 82.4 cm³/mol. The molecule has 0 saturated carbocycles. The average Bonchev–Trinajstić information content (AvgIpc) is 2.77. The van der Waals surface area contributed by atoms with Gasteiger partial charge in [0, 0.05) is 19.5 Å². The molecule has 22 heavy (non-hydrogen) atoms. The Morgan fingerprint density at radius 2 is 2.00 bits per heavy atom. The molecule has 0 aromatic heterocycles. The fraction of sp³-hybridized carbons (Fsp3) is 0.529. The van der Waals surface area contributed by atoms with Crippen molar-refractivity contribution in [2.75, 3.05) is 13.1 Å². The van der Waals surface area contributed by atoms with Crippen LogP contribution in [0.2, 0.25) is 0 Å². The fourth-order valence-electron chi connectivity index (χ4n) is 2.77. The number of rotatable bonds is 5. The maximum absolute atomic E-state index is 12.2. The minimum Gasteiger partial charge on any atom is -0.481 e. The summed E-state index contributed by atoms with van der Waals surface area (Å²) in [5.74, 6) is -0.523. The molecule has 2 rings (SSSR count). The highest BCUT2D eigenvalue weighted by Crippen LogP contribution is 2.21. The second-order valence-corrected chi connectivity index (χ2v) is 5.78. The molecule has 1 atom stereocenters. The summed E-state index contributed by atoms with van der Waals surface area (Å²) in [6, 6.07) is 9.60. The van der Waals surface area contributed by atoms with Gasteiger partial charge in [0.25, 0.3) is 0 Å². The van der Waals surface area contributed by atoms with E-state index in [0.717, 1.165) is 24.8 Å². The molecule has 1 saturated heterocycles. The number of ether oxygens (including phenoxy) is 1. The number of carbonyl (C=O) groups excluding carboxylic acids is 1. The van der Waals surface area contributed by atoms with Gasteiger partial charge in [-0.15, -0.1) is 0 Å². The molecule has 1 fully saturated rings. The zero-order valence-electron chi connectivity index (χ0n) is 12.7. The smallest absolute Gasteiger partial charge is 0.410 e. The summed E-state index contributed by atoms with van der Waals surface area (Å²) in [5, 5.41) is 8.79. The Morgan fingerprint density at radius 1 is 1.23 bits per heavy atom. The van der Waals surface area contributed by atoms with E-state index in [1.54, 1.807) is 4.90 Å². The number of carbonyl (C=O) groups is 2. The highest BCUT2D eigenvalue weighted by Gasteiger charge is 2.23. The lowest BCUT2D eigenvalue weighted by Gasteiger charge is -2.23. The number of nitrogens with zero attached hydrogens (tertiary/aromatic N) is 1. The number of hydrogen-bond acceptors (Lipinski definition) is 3. The first-order valence-corrected chi connectivity index (χ1v) is 7.82. The summed E-state index contributed by atoms with van der Waals surface area (Å²) in [6.45, 7) is 1.56. The van der Waals surface area contributed by atoms with Gasteiger partial charge >= 0.3 is 12.1 Å². The zero-order valence-corrected chi connectivity index (χ0v) is 12.7. The monoisotopic (exact) mass is 305 g/mol. The molecule has 1 aromatic carbocycles. The quantitative estimate of drug-likeness (QED) is 0.906. The first-order chi connectivity index (χ1) is 10.6. The number of hydrogen-bond donors (Lipinski definition) is 1. The topological polar surface area (TPSA) is 66.8 Å². The second-order valence-electron chi connectivity index (χ2n) is 5.78. The van der Waals surface area contributed by atoms with Crippen molar-refractivity contribution in [3.05, 3.63) is 35.9 Å². The van der Waals surface area contributed by atoms with Gasteiger partial charge in [0.1, 0.15) is 6.61 Å². The molecule has 0 spiro atoms. The van der Waals surface area contributed by atoms with Crippen molar-refractivity contribution >= 4 is 12.1 Å². The molecule has 1 aliphatic heterocycles. The Bertz CT molecular complexity index is 489. The normalized spacial score (nSPS) is 18.5. The fourth-order valence-corrected chi connectivity index (χ4v) is 2.77. The Balaban J connectivity index is 1.83. The van der Waals surface area contributed by atoms with E-state index in [4.69, 9.17) is 9.84 Å². The number of carboxylic acid groups (broad SMARTS) is 1. The second kappa shape index (κ2) is 8.41. The third-order valence-electron chi connectivity index (χ3n) is 4.00. The van der Waals surface area contributed by atoms with E-state index in [-0.39, 0.29) is 25.0 Å². The molecule has 1 amide bonds.